The van der Waals surface area contributed by atoms with E-state index in [0.717, 1.165) is 12.8 Å². The summed E-state index contributed by atoms with van der Waals surface area (Å²) in [4.78, 5) is 24.4. The van der Waals surface area contributed by atoms with Gasteiger partial charge in [0.2, 0.25) is 5.91 Å². The number of carbonyl (C=O) groups is 2. The zero-order chi connectivity index (χ0) is 11.0. The van der Waals surface area contributed by atoms with Crippen molar-refractivity contribution in [1.82, 2.24) is 10.2 Å². The van der Waals surface area contributed by atoms with E-state index in [1.54, 1.807) is 4.90 Å². The molecule has 1 N–H and O–H groups in total. The van der Waals surface area contributed by atoms with Crippen LogP contribution in [0.15, 0.2) is 0 Å². The van der Waals surface area contributed by atoms with E-state index in [1.807, 2.05) is 13.8 Å². The van der Waals surface area contributed by atoms with Crippen molar-refractivity contribution < 1.29 is 14.3 Å². The lowest BCUT2D eigenvalue weighted by atomic mass is 10.1. The van der Waals surface area contributed by atoms with Crippen LogP contribution < -0.4 is 5.32 Å². The fourth-order valence-corrected chi connectivity index (χ4v) is 2.02. The molecular formula is C10H16N2O3. The summed E-state index contributed by atoms with van der Waals surface area (Å²) in [5.74, 6) is -0.343. The number of hydrogen-bond donors (Lipinski definition) is 1. The molecule has 0 bridgehead atoms. The Morgan fingerprint density at radius 3 is 2.67 bits per heavy atom. The van der Waals surface area contributed by atoms with Crippen molar-refractivity contribution >= 4 is 11.9 Å². The SMILES string of the molecule is CC1CN([C@H]2CC[C@@H](C)O2)C(=O)NC1=O. The van der Waals surface area contributed by atoms with Gasteiger partial charge >= 0.3 is 6.03 Å². The van der Waals surface area contributed by atoms with Gasteiger partial charge < -0.3 is 4.74 Å². The van der Waals surface area contributed by atoms with Gasteiger partial charge in [0, 0.05) is 6.54 Å². The number of urea groups is 1. The maximum Gasteiger partial charge on any atom is 0.326 e. The highest BCUT2D eigenvalue weighted by Crippen LogP contribution is 2.24. The standard InChI is InChI=1S/C10H16N2O3/c1-6-5-12(10(14)11-9(6)13)8-4-3-7(2)15-8/h6-8H,3-5H2,1-2H3,(H,11,13,14)/t6?,7-,8-/m1/s1. The number of carbonyl (C=O) groups excluding carboxylic acids is 2. The van der Waals surface area contributed by atoms with Crippen LogP contribution in [0.1, 0.15) is 26.7 Å². The van der Waals surface area contributed by atoms with Gasteiger partial charge in [0.15, 0.2) is 0 Å². The summed E-state index contributed by atoms with van der Waals surface area (Å²) in [5.41, 5.74) is 0. The Labute approximate surface area is 88.8 Å². The average molecular weight is 212 g/mol. The molecule has 5 heteroatoms. The third kappa shape index (κ3) is 1.97. The molecule has 84 valence electrons. The summed E-state index contributed by atoms with van der Waals surface area (Å²) < 4.78 is 5.61. The molecular weight excluding hydrogens is 196 g/mol. The molecule has 2 saturated heterocycles. The summed E-state index contributed by atoms with van der Waals surface area (Å²) in [5, 5.41) is 2.34. The van der Waals surface area contributed by atoms with Gasteiger partial charge in [-0.15, -0.1) is 0 Å². The fraction of sp³-hybridized carbons (Fsp3) is 0.800. The van der Waals surface area contributed by atoms with E-state index >= 15 is 0 Å². The van der Waals surface area contributed by atoms with Crippen LogP contribution in [0.5, 0.6) is 0 Å². The van der Waals surface area contributed by atoms with Crippen molar-refractivity contribution in [3.63, 3.8) is 0 Å². The molecule has 5 nitrogen and oxygen atoms in total. The first-order chi connectivity index (χ1) is 7.08. The molecule has 0 aromatic carbocycles. The molecule has 2 fully saturated rings. The van der Waals surface area contributed by atoms with Crippen LogP contribution >= 0.6 is 0 Å². The Bertz CT molecular complexity index is 292. The second kappa shape index (κ2) is 3.81. The van der Waals surface area contributed by atoms with Gasteiger partial charge in [-0.05, 0) is 19.8 Å². The third-order valence-electron chi connectivity index (χ3n) is 2.97. The van der Waals surface area contributed by atoms with E-state index in [-0.39, 0.29) is 30.2 Å². The first kappa shape index (κ1) is 10.4. The molecule has 0 aromatic rings. The van der Waals surface area contributed by atoms with Crippen molar-refractivity contribution in [2.75, 3.05) is 6.54 Å². The van der Waals surface area contributed by atoms with E-state index in [9.17, 15) is 9.59 Å². The highest BCUT2D eigenvalue weighted by Gasteiger charge is 2.37. The average Bonchev–Trinajstić information content (AvgIpc) is 2.58. The molecule has 15 heavy (non-hydrogen) atoms. The maximum atomic E-state index is 11.6. The van der Waals surface area contributed by atoms with Gasteiger partial charge in [-0.3, -0.25) is 15.0 Å². The molecule has 0 aromatic heterocycles. The maximum absolute atomic E-state index is 11.6. The lowest BCUT2D eigenvalue weighted by Crippen LogP contribution is -2.57. The van der Waals surface area contributed by atoms with Crippen LogP contribution in [0, 0.1) is 5.92 Å². The molecule has 2 rings (SSSR count). The summed E-state index contributed by atoms with van der Waals surface area (Å²) in [7, 11) is 0. The number of imide groups is 1. The molecule has 0 radical (unpaired) electrons. The number of amides is 3. The summed E-state index contributed by atoms with van der Waals surface area (Å²) in [6.45, 7) is 4.27. The van der Waals surface area contributed by atoms with E-state index in [2.05, 4.69) is 5.32 Å². The van der Waals surface area contributed by atoms with Gasteiger partial charge in [-0.1, -0.05) is 6.92 Å². The minimum atomic E-state index is -0.322. The Morgan fingerprint density at radius 2 is 2.07 bits per heavy atom. The van der Waals surface area contributed by atoms with E-state index in [1.165, 1.54) is 0 Å². The van der Waals surface area contributed by atoms with Crippen LogP contribution in [-0.2, 0) is 9.53 Å². The first-order valence-electron chi connectivity index (χ1n) is 5.35. The number of hydrogen-bond acceptors (Lipinski definition) is 3. The Balaban J connectivity index is 2.03. The Kier molecular flexibility index (Phi) is 2.65. The zero-order valence-corrected chi connectivity index (χ0v) is 9.03. The topological polar surface area (TPSA) is 58.6 Å². The summed E-state index contributed by atoms with van der Waals surface area (Å²) in [6.07, 6.45) is 1.87. The molecule has 3 atom stereocenters. The highest BCUT2D eigenvalue weighted by molar-refractivity contribution is 5.97. The van der Waals surface area contributed by atoms with Crippen LogP contribution in [-0.4, -0.2) is 35.7 Å². The normalized spacial score (nSPS) is 36.9. The minimum absolute atomic E-state index is 0.151. The Hall–Kier alpha value is -1.10. The fourth-order valence-electron chi connectivity index (χ4n) is 2.02. The lowest BCUT2D eigenvalue weighted by Gasteiger charge is -2.34. The number of nitrogens with one attached hydrogen (secondary N) is 1. The molecule has 2 heterocycles. The second-order valence-electron chi connectivity index (χ2n) is 4.33. The van der Waals surface area contributed by atoms with Crippen molar-refractivity contribution in [2.45, 2.75) is 39.0 Å². The van der Waals surface area contributed by atoms with Crippen molar-refractivity contribution in [3.05, 3.63) is 0 Å². The van der Waals surface area contributed by atoms with Crippen molar-refractivity contribution in [1.29, 1.82) is 0 Å². The van der Waals surface area contributed by atoms with Gasteiger partial charge in [0.1, 0.15) is 6.23 Å². The molecule has 2 aliphatic rings. The monoisotopic (exact) mass is 212 g/mol. The number of nitrogens with zero attached hydrogens (tertiary/aromatic N) is 1. The van der Waals surface area contributed by atoms with E-state index < -0.39 is 0 Å². The second-order valence-corrected chi connectivity index (χ2v) is 4.33. The van der Waals surface area contributed by atoms with Crippen molar-refractivity contribution in [2.24, 2.45) is 5.92 Å². The molecule has 1 unspecified atom stereocenters. The van der Waals surface area contributed by atoms with Gasteiger partial charge in [-0.2, -0.15) is 0 Å². The highest BCUT2D eigenvalue weighted by atomic mass is 16.5. The predicted octanol–water partition coefficient (Wildman–Crippen LogP) is 0.699. The van der Waals surface area contributed by atoms with Gasteiger partial charge in [0.25, 0.3) is 0 Å². The number of ether oxygens (including phenoxy) is 1. The van der Waals surface area contributed by atoms with Crippen LogP contribution in [0.4, 0.5) is 4.79 Å². The van der Waals surface area contributed by atoms with Crippen LogP contribution in [0.25, 0.3) is 0 Å². The van der Waals surface area contributed by atoms with Gasteiger partial charge in [-0.25, -0.2) is 4.79 Å². The zero-order valence-electron chi connectivity index (χ0n) is 9.03. The quantitative estimate of drug-likeness (QED) is 0.696. The van der Waals surface area contributed by atoms with Crippen LogP contribution in [0.3, 0.4) is 0 Å². The Morgan fingerprint density at radius 1 is 1.33 bits per heavy atom. The largest absolute Gasteiger partial charge is 0.355 e. The minimum Gasteiger partial charge on any atom is -0.355 e. The molecule has 3 amide bonds. The van der Waals surface area contributed by atoms with Crippen molar-refractivity contribution in [3.8, 4) is 0 Å². The molecule has 0 spiro atoms. The molecule has 2 aliphatic heterocycles. The smallest absolute Gasteiger partial charge is 0.326 e. The molecule has 0 aliphatic carbocycles. The lowest BCUT2D eigenvalue weighted by molar-refractivity contribution is -0.127. The van der Waals surface area contributed by atoms with Crippen LogP contribution in [0.2, 0.25) is 0 Å². The number of rotatable bonds is 1. The molecule has 0 saturated carbocycles. The predicted molar refractivity (Wildman–Crippen MR) is 53.0 cm³/mol. The first-order valence-corrected chi connectivity index (χ1v) is 5.35. The van der Waals surface area contributed by atoms with Gasteiger partial charge in [0.05, 0.1) is 12.0 Å². The summed E-state index contributed by atoms with van der Waals surface area (Å²) in [6, 6.07) is -0.322. The van der Waals surface area contributed by atoms with E-state index in [4.69, 9.17) is 4.74 Å². The summed E-state index contributed by atoms with van der Waals surface area (Å²) >= 11 is 0. The van der Waals surface area contributed by atoms with E-state index in [0.29, 0.717) is 6.54 Å². The third-order valence-corrected chi connectivity index (χ3v) is 2.97.